The first kappa shape index (κ1) is 17.0. The molecule has 0 aromatic carbocycles. The lowest BCUT2D eigenvalue weighted by Gasteiger charge is -2.08. The Labute approximate surface area is 122 Å². The number of rotatable bonds is 9. The summed E-state index contributed by atoms with van der Waals surface area (Å²) in [6, 6.07) is 0. The van der Waals surface area contributed by atoms with Crippen LogP contribution in [-0.4, -0.2) is 42.2 Å². The van der Waals surface area contributed by atoms with Crippen molar-refractivity contribution >= 4 is 27.5 Å². The van der Waals surface area contributed by atoms with Crippen LogP contribution in [0.5, 0.6) is 0 Å². The van der Waals surface area contributed by atoms with E-state index in [4.69, 9.17) is 5.14 Å². The van der Waals surface area contributed by atoms with Crippen molar-refractivity contribution in [1.82, 2.24) is 9.97 Å². The summed E-state index contributed by atoms with van der Waals surface area (Å²) in [6.45, 7) is 2.80. The van der Waals surface area contributed by atoms with Gasteiger partial charge in [-0.15, -0.1) is 0 Å². The zero-order valence-electron chi connectivity index (χ0n) is 11.6. The fourth-order valence-electron chi connectivity index (χ4n) is 1.44. The number of hydrogen-bond acceptors (Lipinski definition) is 8. The van der Waals surface area contributed by atoms with E-state index in [1.807, 2.05) is 6.92 Å². The SMILES string of the molecule is CCCNc1ncc([N+](=O)[O-])c(NCCCS(N)(=O)=O)n1. The molecule has 118 valence electrons. The van der Waals surface area contributed by atoms with Gasteiger partial charge in [-0.2, -0.15) is 4.98 Å². The van der Waals surface area contributed by atoms with E-state index < -0.39 is 14.9 Å². The first-order valence-electron chi connectivity index (χ1n) is 6.33. The van der Waals surface area contributed by atoms with Gasteiger partial charge < -0.3 is 10.6 Å². The molecule has 1 aromatic rings. The number of aromatic nitrogens is 2. The predicted octanol–water partition coefficient (Wildman–Crippen LogP) is 0.297. The molecule has 0 saturated heterocycles. The Kier molecular flexibility index (Phi) is 6.24. The molecule has 0 aliphatic heterocycles. The van der Waals surface area contributed by atoms with Crippen molar-refractivity contribution in [2.45, 2.75) is 19.8 Å². The monoisotopic (exact) mass is 318 g/mol. The highest BCUT2D eigenvalue weighted by atomic mass is 32.2. The van der Waals surface area contributed by atoms with E-state index in [0.717, 1.165) is 12.6 Å². The van der Waals surface area contributed by atoms with Crippen molar-refractivity contribution in [1.29, 1.82) is 0 Å². The van der Waals surface area contributed by atoms with E-state index in [-0.39, 0.29) is 36.2 Å². The quantitative estimate of drug-likeness (QED) is 0.333. The second-order valence-electron chi connectivity index (χ2n) is 4.26. The van der Waals surface area contributed by atoms with Crippen LogP contribution >= 0.6 is 0 Å². The Morgan fingerprint density at radius 2 is 2.10 bits per heavy atom. The van der Waals surface area contributed by atoms with E-state index in [0.29, 0.717) is 6.54 Å². The van der Waals surface area contributed by atoms with Crippen LogP contribution in [0.2, 0.25) is 0 Å². The van der Waals surface area contributed by atoms with Gasteiger partial charge in [0.1, 0.15) is 6.20 Å². The van der Waals surface area contributed by atoms with Crippen LogP contribution in [0.4, 0.5) is 17.5 Å². The number of nitrogens with one attached hydrogen (secondary N) is 2. The fraction of sp³-hybridized carbons (Fsp3) is 0.600. The molecule has 0 saturated carbocycles. The molecule has 0 bridgehead atoms. The van der Waals surface area contributed by atoms with Crippen molar-refractivity contribution in [3.63, 3.8) is 0 Å². The molecular weight excluding hydrogens is 300 g/mol. The Hall–Kier alpha value is -2.01. The first-order valence-corrected chi connectivity index (χ1v) is 8.04. The third-order valence-corrected chi connectivity index (χ3v) is 3.26. The molecule has 1 rings (SSSR count). The van der Waals surface area contributed by atoms with Gasteiger partial charge in [-0.05, 0) is 12.8 Å². The number of primary sulfonamides is 1. The van der Waals surface area contributed by atoms with Crippen LogP contribution in [0.1, 0.15) is 19.8 Å². The van der Waals surface area contributed by atoms with Crippen LogP contribution in [0.3, 0.4) is 0 Å². The standard InChI is InChI=1S/C10H18N6O4S/c1-2-4-13-10-14-7-8(16(17)18)9(15-10)12-5-3-6-21(11,19)20/h7H,2-6H2,1H3,(H2,11,19,20)(H2,12,13,14,15). The fourth-order valence-corrected chi connectivity index (χ4v) is 1.99. The third kappa shape index (κ3) is 6.31. The maximum atomic E-state index is 10.9. The average Bonchev–Trinajstić information content (AvgIpc) is 2.40. The van der Waals surface area contributed by atoms with Gasteiger partial charge in [-0.3, -0.25) is 10.1 Å². The van der Waals surface area contributed by atoms with E-state index in [9.17, 15) is 18.5 Å². The van der Waals surface area contributed by atoms with Crippen molar-refractivity contribution in [2.24, 2.45) is 5.14 Å². The van der Waals surface area contributed by atoms with Crippen LogP contribution in [0.15, 0.2) is 6.20 Å². The summed E-state index contributed by atoms with van der Waals surface area (Å²) in [6.07, 6.45) is 2.18. The number of hydrogen-bond donors (Lipinski definition) is 3. The van der Waals surface area contributed by atoms with Gasteiger partial charge in [0.05, 0.1) is 10.7 Å². The molecule has 11 heteroatoms. The summed E-state index contributed by atoms with van der Waals surface area (Å²) in [7, 11) is -3.54. The summed E-state index contributed by atoms with van der Waals surface area (Å²) in [4.78, 5) is 18.1. The molecule has 0 fully saturated rings. The molecule has 4 N–H and O–H groups in total. The van der Waals surface area contributed by atoms with E-state index in [1.165, 1.54) is 0 Å². The van der Waals surface area contributed by atoms with Crippen LogP contribution < -0.4 is 15.8 Å². The van der Waals surface area contributed by atoms with E-state index >= 15 is 0 Å². The Morgan fingerprint density at radius 3 is 2.67 bits per heavy atom. The lowest BCUT2D eigenvalue weighted by atomic mass is 10.4. The molecule has 0 radical (unpaired) electrons. The third-order valence-electron chi connectivity index (χ3n) is 2.40. The van der Waals surface area contributed by atoms with Crippen molar-refractivity contribution in [3.05, 3.63) is 16.3 Å². The minimum Gasteiger partial charge on any atom is -0.364 e. The largest absolute Gasteiger partial charge is 0.364 e. The number of nitro groups is 1. The molecule has 0 aliphatic carbocycles. The lowest BCUT2D eigenvalue weighted by molar-refractivity contribution is -0.384. The predicted molar refractivity (Wildman–Crippen MR) is 78.5 cm³/mol. The first-order chi connectivity index (χ1) is 9.83. The van der Waals surface area contributed by atoms with E-state index in [2.05, 4.69) is 20.6 Å². The summed E-state index contributed by atoms with van der Waals surface area (Å²) in [5.74, 6) is 0.110. The lowest BCUT2D eigenvalue weighted by Crippen LogP contribution is -2.19. The Morgan fingerprint density at radius 1 is 1.38 bits per heavy atom. The normalized spacial score (nSPS) is 11.1. The molecule has 1 aromatic heterocycles. The van der Waals surface area contributed by atoms with Crippen LogP contribution in [0.25, 0.3) is 0 Å². The summed E-state index contributed by atoms with van der Waals surface area (Å²) in [5.41, 5.74) is -0.271. The minimum atomic E-state index is -3.54. The number of anilines is 2. The summed E-state index contributed by atoms with van der Waals surface area (Å²) in [5, 5.41) is 21.4. The maximum absolute atomic E-state index is 10.9. The van der Waals surface area contributed by atoms with Crippen molar-refractivity contribution in [3.8, 4) is 0 Å². The Bertz CT molecular complexity index is 591. The molecule has 0 amide bonds. The highest BCUT2D eigenvalue weighted by Gasteiger charge is 2.17. The van der Waals surface area contributed by atoms with Gasteiger partial charge in [0.2, 0.25) is 21.8 Å². The van der Waals surface area contributed by atoms with Crippen molar-refractivity contribution in [2.75, 3.05) is 29.5 Å². The molecular formula is C10H18N6O4S. The molecule has 0 aliphatic rings. The van der Waals surface area contributed by atoms with Gasteiger partial charge in [-0.25, -0.2) is 18.5 Å². The number of nitrogens with zero attached hydrogens (tertiary/aromatic N) is 3. The smallest absolute Gasteiger partial charge is 0.329 e. The second kappa shape index (κ2) is 7.69. The Balaban J connectivity index is 2.74. The van der Waals surface area contributed by atoms with E-state index in [1.54, 1.807) is 0 Å². The molecule has 0 spiro atoms. The summed E-state index contributed by atoms with van der Waals surface area (Å²) >= 11 is 0. The zero-order chi connectivity index (χ0) is 15.9. The van der Waals surface area contributed by atoms with Gasteiger partial charge in [0, 0.05) is 13.1 Å². The second-order valence-corrected chi connectivity index (χ2v) is 5.99. The molecule has 1 heterocycles. The highest BCUT2D eigenvalue weighted by molar-refractivity contribution is 7.89. The minimum absolute atomic E-state index is 0.0445. The topological polar surface area (TPSA) is 153 Å². The van der Waals surface area contributed by atoms with Crippen LogP contribution in [0, 0.1) is 10.1 Å². The number of sulfonamides is 1. The summed E-state index contributed by atoms with van der Waals surface area (Å²) < 4.78 is 21.6. The maximum Gasteiger partial charge on any atom is 0.329 e. The van der Waals surface area contributed by atoms with Crippen LogP contribution in [-0.2, 0) is 10.0 Å². The number of nitrogens with two attached hydrogens (primary N) is 1. The molecule has 21 heavy (non-hydrogen) atoms. The highest BCUT2D eigenvalue weighted by Crippen LogP contribution is 2.21. The zero-order valence-corrected chi connectivity index (χ0v) is 12.4. The molecule has 0 unspecified atom stereocenters. The van der Waals surface area contributed by atoms with Gasteiger partial charge in [0.25, 0.3) is 0 Å². The van der Waals surface area contributed by atoms with Gasteiger partial charge in [0.15, 0.2) is 0 Å². The molecule has 0 atom stereocenters. The van der Waals surface area contributed by atoms with Gasteiger partial charge >= 0.3 is 5.69 Å². The molecule has 10 nitrogen and oxygen atoms in total. The average molecular weight is 318 g/mol. The van der Waals surface area contributed by atoms with Gasteiger partial charge in [-0.1, -0.05) is 6.92 Å². The van der Waals surface area contributed by atoms with Crippen molar-refractivity contribution < 1.29 is 13.3 Å².